The van der Waals surface area contributed by atoms with E-state index < -0.39 is 12.1 Å². The molecule has 162 valence electrons. The average molecular weight is 422 g/mol. The van der Waals surface area contributed by atoms with E-state index in [1.165, 1.54) is 22.3 Å². The van der Waals surface area contributed by atoms with Crippen LogP contribution in [0.4, 0.5) is 4.79 Å². The molecule has 2 aromatic rings. The number of carboxylic acid groups (broad SMARTS) is 1. The molecule has 7 nitrogen and oxygen atoms in total. The molecule has 0 spiro atoms. The second-order valence-corrected chi connectivity index (χ2v) is 8.22. The van der Waals surface area contributed by atoms with Crippen molar-refractivity contribution >= 4 is 18.0 Å². The monoisotopic (exact) mass is 422 g/mol. The van der Waals surface area contributed by atoms with Crippen molar-refractivity contribution in [3.05, 3.63) is 59.7 Å². The highest BCUT2D eigenvalue weighted by molar-refractivity contribution is 5.81. The summed E-state index contributed by atoms with van der Waals surface area (Å²) in [6.07, 6.45) is 2.11. The zero-order chi connectivity index (χ0) is 21.8. The van der Waals surface area contributed by atoms with Crippen molar-refractivity contribution in [3.63, 3.8) is 0 Å². The zero-order valence-electron chi connectivity index (χ0n) is 17.2. The number of alkyl carbamates (subject to hydrolysis) is 1. The number of nitrogens with one attached hydrogen (secondary N) is 2. The topological polar surface area (TPSA) is 105 Å². The van der Waals surface area contributed by atoms with E-state index in [9.17, 15) is 14.4 Å². The Morgan fingerprint density at radius 1 is 0.968 bits per heavy atom. The van der Waals surface area contributed by atoms with Gasteiger partial charge in [0.05, 0.1) is 0 Å². The molecule has 0 aromatic heterocycles. The summed E-state index contributed by atoms with van der Waals surface area (Å²) < 4.78 is 5.59. The third kappa shape index (κ3) is 4.87. The zero-order valence-corrected chi connectivity index (χ0v) is 17.2. The van der Waals surface area contributed by atoms with E-state index in [1.807, 2.05) is 24.3 Å². The smallest absolute Gasteiger partial charge is 0.407 e. The van der Waals surface area contributed by atoms with E-state index in [4.69, 9.17) is 9.84 Å². The predicted molar refractivity (Wildman–Crippen MR) is 115 cm³/mol. The molecule has 0 saturated heterocycles. The van der Waals surface area contributed by atoms with Crippen molar-refractivity contribution in [2.45, 2.75) is 37.6 Å². The van der Waals surface area contributed by atoms with Crippen molar-refractivity contribution in [1.82, 2.24) is 10.6 Å². The molecular formula is C24H26N2O5. The van der Waals surface area contributed by atoms with Gasteiger partial charge in [0.2, 0.25) is 5.91 Å². The molecule has 2 atom stereocenters. The molecule has 0 aliphatic heterocycles. The Morgan fingerprint density at radius 2 is 1.61 bits per heavy atom. The SMILES string of the molecule is O=C(O)CNC(=O)C[C@@H]1CC[C@H](NC(=O)OCC2c3ccccc3-c3ccccc32)C1. The highest BCUT2D eigenvalue weighted by Crippen LogP contribution is 2.44. The number of fused-ring (bicyclic) bond motifs is 3. The van der Waals surface area contributed by atoms with E-state index in [0.717, 1.165) is 12.8 Å². The minimum absolute atomic E-state index is 0.0207. The van der Waals surface area contributed by atoms with Gasteiger partial charge in [0.25, 0.3) is 0 Å². The number of rotatable bonds is 7. The van der Waals surface area contributed by atoms with Gasteiger partial charge in [0.1, 0.15) is 13.2 Å². The largest absolute Gasteiger partial charge is 0.480 e. The molecule has 0 heterocycles. The van der Waals surface area contributed by atoms with Crippen molar-refractivity contribution in [2.24, 2.45) is 5.92 Å². The van der Waals surface area contributed by atoms with Crippen LogP contribution in [-0.2, 0) is 14.3 Å². The Labute approximate surface area is 180 Å². The van der Waals surface area contributed by atoms with Gasteiger partial charge in [-0.25, -0.2) is 4.79 Å². The second kappa shape index (κ2) is 9.20. The lowest BCUT2D eigenvalue weighted by molar-refractivity contribution is -0.138. The highest BCUT2D eigenvalue weighted by Gasteiger charge is 2.31. The van der Waals surface area contributed by atoms with Gasteiger partial charge in [-0.2, -0.15) is 0 Å². The van der Waals surface area contributed by atoms with Crippen LogP contribution in [0.15, 0.2) is 48.5 Å². The standard InChI is InChI=1S/C24H26N2O5/c27-22(25-13-23(28)29)12-15-9-10-16(11-15)26-24(30)31-14-21-19-7-3-1-5-17(19)18-6-2-4-8-20(18)21/h1-8,15-16,21H,9-14H2,(H,25,27)(H,26,30)(H,28,29)/t15-,16+/m1/s1. The first-order chi connectivity index (χ1) is 15.0. The molecule has 4 rings (SSSR count). The van der Waals surface area contributed by atoms with E-state index in [2.05, 4.69) is 34.9 Å². The number of hydrogen-bond donors (Lipinski definition) is 3. The van der Waals surface area contributed by atoms with E-state index in [1.54, 1.807) is 0 Å². The van der Waals surface area contributed by atoms with Gasteiger partial charge in [-0.05, 0) is 47.4 Å². The normalized spacial score (nSPS) is 19.4. The first-order valence-corrected chi connectivity index (χ1v) is 10.6. The summed E-state index contributed by atoms with van der Waals surface area (Å²) in [6.45, 7) is -0.0966. The van der Waals surface area contributed by atoms with Crippen LogP contribution < -0.4 is 10.6 Å². The molecule has 0 unspecified atom stereocenters. The van der Waals surface area contributed by atoms with Crippen molar-refractivity contribution in [1.29, 1.82) is 0 Å². The molecule has 0 bridgehead atoms. The number of carbonyl (C=O) groups excluding carboxylic acids is 2. The van der Waals surface area contributed by atoms with Gasteiger partial charge in [0.15, 0.2) is 0 Å². The van der Waals surface area contributed by atoms with Crippen LogP contribution in [-0.4, -0.2) is 42.3 Å². The van der Waals surface area contributed by atoms with Crippen LogP contribution in [0.3, 0.4) is 0 Å². The van der Waals surface area contributed by atoms with Crippen LogP contribution >= 0.6 is 0 Å². The van der Waals surface area contributed by atoms with E-state index >= 15 is 0 Å². The number of carboxylic acids is 1. The van der Waals surface area contributed by atoms with E-state index in [0.29, 0.717) is 6.42 Å². The molecule has 0 radical (unpaired) electrons. The molecule has 3 N–H and O–H groups in total. The fourth-order valence-corrected chi connectivity index (χ4v) is 4.71. The summed E-state index contributed by atoms with van der Waals surface area (Å²) in [5.41, 5.74) is 4.72. The average Bonchev–Trinajstić information content (AvgIpc) is 3.32. The first kappa shape index (κ1) is 20.9. The highest BCUT2D eigenvalue weighted by atomic mass is 16.5. The Hall–Kier alpha value is -3.35. The predicted octanol–water partition coefficient (Wildman–Crippen LogP) is 3.28. The lowest BCUT2D eigenvalue weighted by Crippen LogP contribution is -2.34. The van der Waals surface area contributed by atoms with Crippen LogP contribution in [0.2, 0.25) is 0 Å². The van der Waals surface area contributed by atoms with Gasteiger partial charge >= 0.3 is 12.1 Å². The van der Waals surface area contributed by atoms with Crippen molar-refractivity contribution < 1.29 is 24.2 Å². The van der Waals surface area contributed by atoms with Crippen LogP contribution in [0.25, 0.3) is 11.1 Å². The fourth-order valence-electron chi connectivity index (χ4n) is 4.71. The summed E-state index contributed by atoms with van der Waals surface area (Å²) >= 11 is 0. The maximum Gasteiger partial charge on any atom is 0.407 e. The molecule has 2 aliphatic carbocycles. The Kier molecular flexibility index (Phi) is 6.21. The van der Waals surface area contributed by atoms with Gasteiger partial charge in [-0.3, -0.25) is 9.59 Å². The van der Waals surface area contributed by atoms with Gasteiger partial charge < -0.3 is 20.5 Å². The number of ether oxygens (including phenoxy) is 1. The number of carbonyl (C=O) groups is 3. The molecule has 2 aliphatic rings. The third-order valence-electron chi connectivity index (χ3n) is 6.12. The number of hydrogen-bond acceptors (Lipinski definition) is 4. The molecule has 2 amide bonds. The maximum atomic E-state index is 12.4. The molecule has 31 heavy (non-hydrogen) atoms. The molecule has 7 heteroatoms. The maximum absolute atomic E-state index is 12.4. The number of amides is 2. The summed E-state index contributed by atoms with van der Waals surface area (Å²) in [5, 5.41) is 13.9. The molecule has 1 fully saturated rings. The Morgan fingerprint density at radius 3 is 2.26 bits per heavy atom. The summed E-state index contributed by atoms with van der Waals surface area (Å²) in [5.74, 6) is -1.18. The lowest BCUT2D eigenvalue weighted by Gasteiger charge is -2.17. The molecular weight excluding hydrogens is 396 g/mol. The van der Waals surface area contributed by atoms with Crippen LogP contribution in [0.5, 0.6) is 0 Å². The third-order valence-corrected chi connectivity index (χ3v) is 6.12. The Bertz CT molecular complexity index is 944. The van der Waals surface area contributed by atoms with Gasteiger partial charge in [-0.15, -0.1) is 0 Å². The summed E-state index contributed by atoms with van der Waals surface area (Å²) in [6, 6.07) is 16.4. The fraction of sp³-hybridized carbons (Fsp3) is 0.375. The minimum atomic E-state index is -1.06. The van der Waals surface area contributed by atoms with Crippen molar-refractivity contribution in [3.8, 4) is 11.1 Å². The van der Waals surface area contributed by atoms with Gasteiger partial charge in [0, 0.05) is 18.4 Å². The first-order valence-electron chi connectivity index (χ1n) is 10.6. The summed E-state index contributed by atoms with van der Waals surface area (Å²) in [7, 11) is 0. The second-order valence-electron chi connectivity index (χ2n) is 8.22. The van der Waals surface area contributed by atoms with Crippen LogP contribution in [0, 0.1) is 5.92 Å². The minimum Gasteiger partial charge on any atom is -0.480 e. The Balaban J connectivity index is 1.27. The number of aliphatic carboxylic acids is 1. The van der Waals surface area contributed by atoms with Crippen molar-refractivity contribution in [2.75, 3.05) is 13.2 Å². The quantitative estimate of drug-likeness (QED) is 0.635. The number of benzene rings is 2. The van der Waals surface area contributed by atoms with Crippen LogP contribution in [0.1, 0.15) is 42.7 Å². The lowest BCUT2D eigenvalue weighted by atomic mass is 9.98. The molecule has 1 saturated carbocycles. The molecule has 2 aromatic carbocycles. The van der Waals surface area contributed by atoms with Gasteiger partial charge in [-0.1, -0.05) is 48.5 Å². The summed E-state index contributed by atoms with van der Waals surface area (Å²) in [4.78, 5) is 34.7. The van der Waals surface area contributed by atoms with E-state index in [-0.39, 0.29) is 43.4 Å².